The Kier molecular flexibility index (Phi) is 5.96. The third-order valence-corrected chi connectivity index (χ3v) is 3.81. The van der Waals surface area contributed by atoms with Gasteiger partial charge in [-0.05, 0) is 18.1 Å². The number of alkyl halides is 3. The molecule has 0 bridgehead atoms. The largest absolute Gasteiger partial charge is 0.451 e. The molecule has 2 unspecified atom stereocenters. The summed E-state index contributed by atoms with van der Waals surface area (Å²) < 4.78 is 37.6. The predicted octanol–water partition coefficient (Wildman–Crippen LogP) is 2.61. The fourth-order valence-corrected chi connectivity index (χ4v) is 2.15. The number of halogens is 3. The second-order valence-electron chi connectivity index (χ2n) is 5.70. The van der Waals surface area contributed by atoms with Gasteiger partial charge in [-0.15, -0.1) is 5.10 Å². The van der Waals surface area contributed by atoms with E-state index in [1.54, 1.807) is 42.4 Å². The number of benzene rings is 1. The molecule has 0 spiro atoms. The standard InChI is InChI=1S/C16H18F3N5O2/c1-3-9(2)11(20-12(25)10-7-5-4-6-8-10)13(26)21-15-22-14(23-24-15)16(17,18)19/h4-9,11H,3H2,1-2H3,(H,20,25)(H2,21,22,23,24,26). The Morgan fingerprint density at radius 3 is 2.42 bits per heavy atom. The van der Waals surface area contributed by atoms with E-state index in [-0.39, 0.29) is 5.92 Å². The molecule has 2 rings (SSSR count). The number of H-pyrrole nitrogens is 1. The van der Waals surface area contributed by atoms with Crippen molar-refractivity contribution in [1.82, 2.24) is 20.5 Å². The van der Waals surface area contributed by atoms with Crippen LogP contribution in [0.25, 0.3) is 0 Å². The summed E-state index contributed by atoms with van der Waals surface area (Å²) >= 11 is 0. The summed E-state index contributed by atoms with van der Waals surface area (Å²) in [6, 6.07) is 7.33. The molecule has 7 nitrogen and oxygen atoms in total. The van der Waals surface area contributed by atoms with Crippen molar-refractivity contribution < 1.29 is 22.8 Å². The molecule has 1 aromatic heterocycles. The van der Waals surface area contributed by atoms with Gasteiger partial charge in [0.2, 0.25) is 17.7 Å². The zero-order valence-corrected chi connectivity index (χ0v) is 14.1. The van der Waals surface area contributed by atoms with Gasteiger partial charge in [0.05, 0.1) is 0 Å². The van der Waals surface area contributed by atoms with E-state index in [1.807, 2.05) is 6.92 Å². The quantitative estimate of drug-likeness (QED) is 0.729. The van der Waals surface area contributed by atoms with E-state index < -0.39 is 35.8 Å². The summed E-state index contributed by atoms with van der Waals surface area (Å²) in [5.74, 6) is -3.25. The molecule has 0 saturated carbocycles. The number of carbonyl (C=O) groups excluding carboxylic acids is 2. The maximum atomic E-state index is 12.5. The van der Waals surface area contributed by atoms with Crippen LogP contribution in [-0.4, -0.2) is 33.0 Å². The van der Waals surface area contributed by atoms with Crippen molar-refractivity contribution in [1.29, 1.82) is 0 Å². The second kappa shape index (κ2) is 7.98. The van der Waals surface area contributed by atoms with Crippen molar-refractivity contribution >= 4 is 17.8 Å². The molecule has 1 aromatic carbocycles. The summed E-state index contributed by atoms with van der Waals surface area (Å²) in [5, 5.41) is 9.84. The van der Waals surface area contributed by atoms with Gasteiger partial charge >= 0.3 is 6.18 Å². The Morgan fingerprint density at radius 1 is 1.23 bits per heavy atom. The Hall–Kier alpha value is -2.91. The fraction of sp³-hybridized carbons (Fsp3) is 0.375. The van der Waals surface area contributed by atoms with Gasteiger partial charge in [-0.2, -0.15) is 18.2 Å². The van der Waals surface area contributed by atoms with E-state index in [2.05, 4.69) is 20.7 Å². The molecule has 2 aromatic rings. The van der Waals surface area contributed by atoms with Crippen molar-refractivity contribution in [2.45, 2.75) is 32.5 Å². The Morgan fingerprint density at radius 2 is 1.88 bits per heavy atom. The molecule has 0 fully saturated rings. The minimum Gasteiger partial charge on any atom is -0.340 e. The average molecular weight is 369 g/mol. The van der Waals surface area contributed by atoms with Crippen LogP contribution in [0.1, 0.15) is 36.5 Å². The number of nitrogens with zero attached hydrogens (tertiary/aromatic N) is 2. The maximum Gasteiger partial charge on any atom is 0.451 e. The zero-order valence-electron chi connectivity index (χ0n) is 14.1. The van der Waals surface area contributed by atoms with Crippen LogP contribution >= 0.6 is 0 Å². The van der Waals surface area contributed by atoms with E-state index in [0.29, 0.717) is 12.0 Å². The molecule has 0 radical (unpaired) electrons. The van der Waals surface area contributed by atoms with E-state index in [0.717, 1.165) is 0 Å². The number of aromatic nitrogens is 3. The number of amides is 2. The van der Waals surface area contributed by atoms with Crippen LogP contribution < -0.4 is 10.6 Å². The molecule has 1 heterocycles. The lowest BCUT2D eigenvalue weighted by Gasteiger charge is -2.22. The van der Waals surface area contributed by atoms with Crippen LogP contribution in [0.2, 0.25) is 0 Å². The summed E-state index contributed by atoms with van der Waals surface area (Å²) in [6.07, 6.45) is -4.14. The number of hydrogen-bond donors (Lipinski definition) is 3. The number of carbonyl (C=O) groups is 2. The predicted molar refractivity (Wildman–Crippen MR) is 87.2 cm³/mol. The van der Waals surface area contributed by atoms with Crippen molar-refractivity contribution in [3.05, 3.63) is 41.7 Å². The van der Waals surface area contributed by atoms with Crippen LogP contribution in [0.4, 0.5) is 19.1 Å². The highest BCUT2D eigenvalue weighted by Gasteiger charge is 2.36. The van der Waals surface area contributed by atoms with Gasteiger partial charge in [0, 0.05) is 5.56 Å². The first kappa shape index (κ1) is 19.4. The SMILES string of the molecule is CCC(C)C(NC(=O)c1ccccc1)C(=O)Nc1n[nH]c(C(F)(F)F)n1. The Bertz CT molecular complexity index is 761. The molecule has 140 valence electrons. The molecule has 2 atom stereocenters. The number of aromatic amines is 1. The molecule has 3 N–H and O–H groups in total. The highest BCUT2D eigenvalue weighted by atomic mass is 19.4. The van der Waals surface area contributed by atoms with Crippen molar-refractivity contribution in [2.24, 2.45) is 5.92 Å². The number of nitrogens with one attached hydrogen (secondary N) is 3. The lowest BCUT2D eigenvalue weighted by molar-refractivity contribution is -0.144. The topological polar surface area (TPSA) is 99.8 Å². The van der Waals surface area contributed by atoms with Crippen molar-refractivity contribution in [3.63, 3.8) is 0 Å². The van der Waals surface area contributed by atoms with Gasteiger partial charge in [-0.1, -0.05) is 38.5 Å². The van der Waals surface area contributed by atoms with Gasteiger partial charge in [-0.25, -0.2) is 0 Å². The van der Waals surface area contributed by atoms with E-state index in [9.17, 15) is 22.8 Å². The Labute approximate surface area is 147 Å². The van der Waals surface area contributed by atoms with Gasteiger partial charge in [0.15, 0.2) is 0 Å². The van der Waals surface area contributed by atoms with Crippen LogP contribution in [0.15, 0.2) is 30.3 Å². The van der Waals surface area contributed by atoms with Crippen LogP contribution in [0.3, 0.4) is 0 Å². The van der Waals surface area contributed by atoms with Crippen LogP contribution in [0, 0.1) is 5.92 Å². The fourth-order valence-electron chi connectivity index (χ4n) is 2.15. The molecule has 0 saturated heterocycles. The maximum absolute atomic E-state index is 12.5. The summed E-state index contributed by atoms with van der Waals surface area (Å²) in [6.45, 7) is 3.57. The first-order valence-electron chi connectivity index (χ1n) is 7.88. The van der Waals surface area contributed by atoms with Crippen molar-refractivity contribution in [3.8, 4) is 0 Å². The number of anilines is 1. The molecule has 26 heavy (non-hydrogen) atoms. The minimum atomic E-state index is -4.70. The first-order chi connectivity index (χ1) is 12.2. The molecule has 2 amide bonds. The van der Waals surface area contributed by atoms with Gasteiger partial charge in [-0.3, -0.25) is 20.0 Å². The summed E-state index contributed by atoms with van der Waals surface area (Å²) in [7, 11) is 0. The molecule has 10 heteroatoms. The zero-order chi connectivity index (χ0) is 19.3. The number of hydrogen-bond acceptors (Lipinski definition) is 4. The molecular weight excluding hydrogens is 351 g/mol. The smallest absolute Gasteiger partial charge is 0.340 e. The summed E-state index contributed by atoms with van der Waals surface area (Å²) in [5.41, 5.74) is 0.367. The van der Waals surface area contributed by atoms with Gasteiger partial charge < -0.3 is 5.32 Å². The summed E-state index contributed by atoms with van der Waals surface area (Å²) in [4.78, 5) is 27.9. The molecule has 0 aliphatic carbocycles. The van der Waals surface area contributed by atoms with E-state index in [1.165, 1.54) is 0 Å². The van der Waals surface area contributed by atoms with Gasteiger partial charge in [0.25, 0.3) is 5.91 Å². The normalized spacial score (nSPS) is 13.7. The molecule has 0 aliphatic heterocycles. The third-order valence-electron chi connectivity index (χ3n) is 3.81. The monoisotopic (exact) mass is 369 g/mol. The van der Waals surface area contributed by atoms with E-state index in [4.69, 9.17) is 0 Å². The highest BCUT2D eigenvalue weighted by molar-refractivity contribution is 6.00. The van der Waals surface area contributed by atoms with Crippen LogP contribution in [0.5, 0.6) is 0 Å². The molecule has 0 aliphatic rings. The highest BCUT2D eigenvalue weighted by Crippen LogP contribution is 2.26. The van der Waals surface area contributed by atoms with Crippen LogP contribution in [-0.2, 0) is 11.0 Å². The van der Waals surface area contributed by atoms with Gasteiger partial charge in [0.1, 0.15) is 6.04 Å². The van der Waals surface area contributed by atoms with Crippen molar-refractivity contribution in [2.75, 3.05) is 5.32 Å². The molecular formula is C16H18F3N5O2. The minimum absolute atomic E-state index is 0.260. The lowest BCUT2D eigenvalue weighted by Crippen LogP contribution is -2.47. The first-order valence-corrected chi connectivity index (χ1v) is 7.88. The second-order valence-corrected chi connectivity index (χ2v) is 5.70. The Balaban J connectivity index is 2.12. The number of rotatable bonds is 6. The van der Waals surface area contributed by atoms with E-state index >= 15 is 0 Å². The third kappa shape index (κ3) is 4.80. The lowest BCUT2D eigenvalue weighted by atomic mass is 9.98. The average Bonchev–Trinajstić information content (AvgIpc) is 3.08.